The molecule has 2 aromatic carbocycles. The summed E-state index contributed by atoms with van der Waals surface area (Å²) in [5.74, 6) is 1.21. The van der Waals surface area contributed by atoms with Crippen LogP contribution in [0.4, 0.5) is 6.01 Å². The highest BCUT2D eigenvalue weighted by molar-refractivity contribution is 7.99. The summed E-state index contributed by atoms with van der Waals surface area (Å²) in [7, 11) is 0. The normalized spacial score (nSPS) is 10.7. The molecular formula is C20H21N3O2S. The summed E-state index contributed by atoms with van der Waals surface area (Å²) in [6, 6.07) is 13.8. The summed E-state index contributed by atoms with van der Waals surface area (Å²) in [6.07, 6.45) is 0.540. The number of carbonyl (C=O) groups excluding carboxylic acids is 1. The summed E-state index contributed by atoms with van der Waals surface area (Å²) in [6.45, 7) is 6.21. The molecule has 3 rings (SSSR count). The van der Waals surface area contributed by atoms with Crippen LogP contribution in [0.15, 0.2) is 51.8 Å². The van der Waals surface area contributed by atoms with E-state index in [0.29, 0.717) is 17.9 Å². The van der Waals surface area contributed by atoms with Crippen LogP contribution in [0.3, 0.4) is 0 Å². The molecule has 0 unspecified atom stereocenters. The number of nitrogens with zero attached hydrogens (tertiary/aromatic N) is 2. The van der Waals surface area contributed by atoms with Gasteiger partial charge >= 0.3 is 6.01 Å². The minimum absolute atomic E-state index is 0.113. The monoisotopic (exact) mass is 367 g/mol. The molecule has 0 fully saturated rings. The molecule has 0 saturated heterocycles. The highest BCUT2D eigenvalue weighted by atomic mass is 32.2. The maximum Gasteiger partial charge on any atom is 0.322 e. The molecule has 0 aliphatic heterocycles. The Bertz CT molecular complexity index is 904. The highest BCUT2D eigenvalue weighted by Crippen LogP contribution is 2.19. The fraction of sp³-hybridized carbons (Fsp3) is 0.250. The van der Waals surface area contributed by atoms with Gasteiger partial charge in [-0.15, -0.1) is 16.9 Å². The molecule has 0 atom stereocenters. The lowest BCUT2D eigenvalue weighted by Gasteiger charge is -2.04. The Balaban J connectivity index is 1.65. The van der Waals surface area contributed by atoms with Crippen LogP contribution in [0.5, 0.6) is 0 Å². The van der Waals surface area contributed by atoms with Crippen molar-refractivity contribution in [3.63, 3.8) is 0 Å². The van der Waals surface area contributed by atoms with Gasteiger partial charge in [0, 0.05) is 10.5 Å². The number of anilines is 1. The van der Waals surface area contributed by atoms with Gasteiger partial charge in [-0.2, -0.15) is 0 Å². The molecule has 1 N–H and O–H groups in total. The number of aromatic nitrogens is 2. The predicted molar refractivity (Wildman–Crippen MR) is 104 cm³/mol. The standard InChI is InChI=1S/C20H21N3O2S/c1-4-26-17-9-7-15(8-10-17)19(24)21-20-23-22-18(25-20)12-16-6-5-13(2)11-14(16)3/h5-11H,4,12H2,1-3H3,(H,21,23,24). The Hall–Kier alpha value is -2.60. The molecule has 0 aliphatic rings. The van der Waals surface area contributed by atoms with E-state index in [2.05, 4.69) is 54.5 Å². The van der Waals surface area contributed by atoms with E-state index >= 15 is 0 Å². The quantitative estimate of drug-likeness (QED) is 0.643. The molecule has 26 heavy (non-hydrogen) atoms. The molecule has 0 radical (unpaired) electrons. The molecular weight excluding hydrogens is 346 g/mol. The Labute approximate surface area is 157 Å². The number of benzene rings is 2. The van der Waals surface area contributed by atoms with Crippen LogP contribution in [-0.2, 0) is 6.42 Å². The average molecular weight is 367 g/mol. The van der Waals surface area contributed by atoms with Crippen molar-refractivity contribution in [3.05, 3.63) is 70.6 Å². The molecule has 1 aromatic heterocycles. The number of nitrogens with one attached hydrogen (secondary N) is 1. The number of carbonyl (C=O) groups is 1. The molecule has 1 heterocycles. The molecule has 1 amide bonds. The van der Waals surface area contributed by atoms with E-state index in [-0.39, 0.29) is 11.9 Å². The second-order valence-corrected chi connectivity index (χ2v) is 7.36. The third kappa shape index (κ3) is 4.52. The van der Waals surface area contributed by atoms with Gasteiger partial charge in [-0.05, 0) is 55.0 Å². The maximum absolute atomic E-state index is 12.3. The third-order valence-corrected chi connectivity index (χ3v) is 4.85. The van der Waals surface area contributed by atoms with Gasteiger partial charge in [0.25, 0.3) is 5.91 Å². The van der Waals surface area contributed by atoms with Crippen LogP contribution in [0, 0.1) is 13.8 Å². The van der Waals surface area contributed by atoms with E-state index in [0.717, 1.165) is 16.2 Å². The molecule has 0 spiro atoms. The topological polar surface area (TPSA) is 68.0 Å². The second kappa shape index (κ2) is 8.19. The molecule has 134 valence electrons. The SMILES string of the molecule is CCSc1ccc(C(=O)Nc2nnc(Cc3ccc(C)cc3C)o2)cc1. The van der Waals surface area contributed by atoms with Gasteiger partial charge in [-0.1, -0.05) is 35.8 Å². The number of rotatable bonds is 6. The van der Waals surface area contributed by atoms with Crippen LogP contribution in [0.25, 0.3) is 0 Å². The summed E-state index contributed by atoms with van der Waals surface area (Å²) >= 11 is 1.73. The van der Waals surface area contributed by atoms with E-state index in [1.165, 1.54) is 11.1 Å². The van der Waals surface area contributed by atoms with Gasteiger partial charge < -0.3 is 4.42 Å². The summed E-state index contributed by atoms with van der Waals surface area (Å²) in [4.78, 5) is 13.4. The van der Waals surface area contributed by atoms with E-state index in [9.17, 15) is 4.79 Å². The van der Waals surface area contributed by atoms with Gasteiger partial charge in [0.05, 0.1) is 6.42 Å². The van der Waals surface area contributed by atoms with Crippen LogP contribution in [0.2, 0.25) is 0 Å². The van der Waals surface area contributed by atoms with E-state index in [4.69, 9.17) is 4.42 Å². The largest absolute Gasteiger partial charge is 0.407 e. The van der Waals surface area contributed by atoms with Gasteiger partial charge in [-0.25, -0.2) is 0 Å². The first-order valence-electron chi connectivity index (χ1n) is 8.48. The maximum atomic E-state index is 12.3. The Morgan fingerprint density at radius 3 is 2.58 bits per heavy atom. The first-order valence-corrected chi connectivity index (χ1v) is 9.46. The van der Waals surface area contributed by atoms with Crippen LogP contribution < -0.4 is 5.32 Å². The number of amides is 1. The van der Waals surface area contributed by atoms with Gasteiger partial charge in [0.2, 0.25) is 5.89 Å². The first kappa shape index (κ1) is 18.2. The lowest BCUT2D eigenvalue weighted by molar-refractivity contribution is 0.102. The number of aryl methyl sites for hydroxylation is 2. The smallest absolute Gasteiger partial charge is 0.322 e. The summed E-state index contributed by atoms with van der Waals surface area (Å²) in [5, 5.41) is 10.6. The van der Waals surface area contributed by atoms with E-state index in [1.807, 2.05) is 12.1 Å². The van der Waals surface area contributed by atoms with Gasteiger partial charge in [0.15, 0.2) is 0 Å². The minimum atomic E-state index is -0.264. The molecule has 0 saturated carbocycles. The first-order chi connectivity index (χ1) is 12.5. The third-order valence-electron chi connectivity index (χ3n) is 3.95. The van der Waals surface area contributed by atoms with Crippen molar-refractivity contribution in [2.24, 2.45) is 0 Å². The minimum Gasteiger partial charge on any atom is -0.407 e. The van der Waals surface area contributed by atoms with Crippen LogP contribution in [-0.4, -0.2) is 21.9 Å². The molecule has 3 aromatic rings. The molecule has 5 nitrogen and oxygen atoms in total. The van der Waals surface area contributed by atoms with Crippen molar-refractivity contribution in [1.82, 2.24) is 10.2 Å². The van der Waals surface area contributed by atoms with Gasteiger partial charge in [-0.3, -0.25) is 10.1 Å². The lowest BCUT2D eigenvalue weighted by atomic mass is 10.0. The second-order valence-electron chi connectivity index (χ2n) is 6.02. The lowest BCUT2D eigenvalue weighted by Crippen LogP contribution is -2.11. The Morgan fingerprint density at radius 1 is 1.12 bits per heavy atom. The molecule has 0 bridgehead atoms. The zero-order valence-electron chi connectivity index (χ0n) is 15.1. The van der Waals surface area contributed by atoms with E-state index < -0.39 is 0 Å². The number of hydrogen-bond acceptors (Lipinski definition) is 5. The predicted octanol–water partition coefficient (Wildman–Crippen LogP) is 4.64. The van der Waals surface area contributed by atoms with Crippen molar-refractivity contribution in [1.29, 1.82) is 0 Å². The van der Waals surface area contributed by atoms with Crippen LogP contribution >= 0.6 is 11.8 Å². The van der Waals surface area contributed by atoms with Crippen molar-refractivity contribution >= 4 is 23.7 Å². The number of hydrogen-bond donors (Lipinski definition) is 1. The van der Waals surface area contributed by atoms with E-state index in [1.54, 1.807) is 23.9 Å². The fourth-order valence-electron chi connectivity index (χ4n) is 2.62. The van der Waals surface area contributed by atoms with Crippen molar-refractivity contribution in [2.75, 3.05) is 11.1 Å². The summed E-state index contributed by atoms with van der Waals surface area (Å²) < 4.78 is 5.57. The summed E-state index contributed by atoms with van der Waals surface area (Å²) in [5.41, 5.74) is 4.08. The zero-order chi connectivity index (χ0) is 18.5. The van der Waals surface area contributed by atoms with Crippen molar-refractivity contribution in [3.8, 4) is 0 Å². The Kier molecular flexibility index (Phi) is 5.73. The fourth-order valence-corrected chi connectivity index (χ4v) is 3.28. The molecule has 0 aliphatic carbocycles. The van der Waals surface area contributed by atoms with Crippen molar-refractivity contribution in [2.45, 2.75) is 32.1 Å². The highest BCUT2D eigenvalue weighted by Gasteiger charge is 2.13. The van der Waals surface area contributed by atoms with Crippen molar-refractivity contribution < 1.29 is 9.21 Å². The van der Waals surface area contributed by atoms with Gasteiger partial charge in [0.1, 0.15) is 0 Å². The average Bonchev–Trinajstić information content (AvgIpc) is 3.05. The number of thioether (sulfide) groups is 1. The Morgan fingerprint density at radius 2 is 1.88 bits per heavy atom. The van der Waals surface area contributed by atoms with Crippen LogP contribution in [0.1, 0.15) is 39.9 Å². The molecule has 6 heteroatoms. The zero-order valence-corrected chi connectivity index (χ0v) is 15.9.